The van der Waals surface area contributed by atoms with E-state index in [1.54, 1.807) is 12.1 Å². The second-order valence-corrected chi connectivity index (χ2v) is 6.24. The van der Waals surface area contributed by atoms with Gasteiger partial charge in [-0.15, -0.1) is 0 Å². The lowest BCUT2D eigenvalue weighted by Gasteiger charge is -2.25. The molecule has 0 spiro atoms. The minimum Gasteiger partial charge on any atom is -0.485 e. The molecule has 1 amide bonds. The molecule has 1 atom stereocenters. The molecular formula is C17H12BrN3O4. The molecule has 1 aromatic heterocycles. The summed E-state index contributed by atoms with van der Waals surface area (Å²) < 4.78 is 16.9. The van der Waals surface area contributed by atoms with Gasteiger partial charge in [0.25, 0.3) is 5.91 Å². The molecule has 0 aliphatic carbocycles. The van der Waals surface area contributed by atoms with E-state index in [0.29, 0.717) is 17.2 Å². The number of hydrogen-bond acceptors (Lipinski definition) is 6. The fourth-order valence-electron chi connectivity index (χ4n) is 2.41. The second kappa shape index (κ2) is 6.56. The zero-order valence-electron chi connectivity index (χ0n) is 12.8. The normalized spacial score (nSPS) is 15.6. The zero-order chi connectivity index (χ0) is 17.2. The van der Waals surface area contributed by atoms with Gasteiger partial charge < -0.3 is 14.8 Å². The fourth-order valence-corrected chi connectivity index (χ4v) is 2.68. The third-order valence-corrected chi connectivity index (χ3v) is 4.18. The van der Waals surface area contributed by atoms with Crippen molar-refractivity contribution in [2.45, 2.75) is 6.10 Å². The van der Waals surface area contributed by atoms with Gasteiger partial charge in [0.2, 0.25) is 11.9 Å². The smallest absolute Gasteiger partial charge is 0.270 e. The van der Waals surface area contributed by atoms with Crippen LogP contribution in [0.3, 0.4) is 0 Å². The van der Waals surface area contributed by atoms with Crippen LogP contribution >= 0.6 is 15.9 Å². The summed E-state index contributed by atoms with van der Waals surface area (Å²) in [6.07, 6.45) is -0.788. The minimum atomic E-state index is -0.788. The lowest BCUT2D eigenvalue weighted by Crippen LogP contribution is -2.40. The van der Waals surface area contributed by atoms with Gasteiger partial charge in [-0.2, -0.15) is 0 Å². The van der Waals surface area contributed by atoms with E-state index in [2.05, 4.69) is 31.6 Å². The Morgan fingerprint density at radius 3 is 2.64 bits per heavy atom. The van der Waals surface area contributed by atoms with Crippen LogP contribution in [0.15, 0.2) is 57.6 Å². The van der Waals surface area contributed by atoms with Crippen LogP contribution in [0.5, 0.6) is 11.5 Å². The molecule has 2 aromatic carbocycles. The molecule has 0 saturated heterocycles. The Kier molecular flexibility index (Phi) is 4.10. The van der Waals surface area contributed by atoms with E-state index in [0.717, 1.165) is 10.0 Å². The number of nitrogens with zero attached hydrogens (tertiary/aromatic N) is 2. The molecule has 126 valence electrons. The number of anilines is 1. The zero-order valence-corrected chi connectivity index (χ0v) is 14.4. The third-order valence-electron chi connectivity index (χ3n) is 3.65. The molecule has 2 heterocycles. The van der Waals surface area contributed by atoms with Crippen molar-refractivity contribution >= 4 is 27.7 Å². The van der Waals surface area contributed by atoms with Gasteiger partial charge in [-0.05, 0) is 34.6 Å². The monoisotopic (exact) mass is 401 g/mol. The molecule has 7 nitrogen and oxygen atoms in total. The summed E-state index contributed by atoms with van der Waals surface area (Å²) in [5.74, 6) is 0.990. The lowest BCUT2D eigenvalue weighted by atomic mass is 10.1. The van der Waals surface area contributed by atoms with E-state index in [1.807, 2.05) is 36.4 Å². The van der Waals surface area contributed by atoms with Crippen molar-refractivity contribution < 1.29 is 18.9 Å². The number of benzene rings is 2. The summed E-state index contributed by atoms with van der Waals surface area (Å²) in [7, 11) is 0. The highest BCUT2D eigenvalue weighted by molar-refractivity contribution is 9.10. The van der Waals surface area contributed by atoms with Crippen molar-refractivity contribution in [1.82, 2.24) is 10.3 Å². The molecular weight excluding hydrogens is 390 g/mol. The Bertz CT molecular complexity index is 910. The standard InChI is InChI=1S/C17H12BrN3O4/c18-11-7-5-10(6-8-11)15-16(21-25-20-15)19-17(22)14-9-23-12-3-1-2-4-13(12)24-14/h1-8,14H,9H2,(H,19,21,22)/t14-/m0/s1. The van der Waals surface area contributed by atoms with Crippen LogP contribution in [-0.4, -0.2) is 28.9 Å². The number of halogens is 1. The molecule has 3 aromatic rings. The number of fused-ring (bicyclic) bond motifs is 1. The maximum atomic E-state index is 12.5. The van der Waals surface area contributed by atoms with Crippen LogP contribution in [0.2, 0.25) is 0 Å². The SMILES string of the molecule is O=C(Nc1nonc1-c1ccc(Br)cc1)[C@@H]1COc2ccccc2O1. The highest BCUT2D eigenvalue weighted by atomic mass is 79.9. The van der Waals surface area contributed by atoms with Gasteiger partial charge in [0, 0.05) is 10.0 Å². The van der Waals surface area contributed by atoms with E-state index < -0.39 is 6.10 Å². The first kappa shape index (κ1) is 15.6. The maximum absolute atomic E-state index is 12.5. The van der Waals surface area contributed by atoms with Crippen LogP contribution in [0, 0.1) is 0 Å². The van der Waals surface area contributed by atoms with Gasteiger partial charge in [-0.25, -0.2) is 4.63 Å². The number of carbonyl (C=O) groups is 1. The van der Waals surface area contributed by atoms with E-state index >= 15 is 0 Å². The first-order valence-electron chi connectivity index (χ1n) is 7.48. The Hall–Kier alpha value is -2.87. The predicted molar refractivity (Wildman–Crippen MR) is 92.4 cm³/mol. The van der Waals surface area contributed by atoms with Gasteiger partial charge in [-0.1, -0.05) is 40.2 Å². The number of ether oxygens (including phenoxy) is 2. The predicted octanol–water partition coefficient (Wildman–Crippen LogP) is 3.28. The van der Waals surface area contributed by atoms with Crippen molar-refractivity contribution in [3.63, 3.8) is 0 Å². The highest BCUT2D eigenvalue weighted by Gasteiger charge is 2.29. The Morgan fingerprint density at radius 2 is 1.84 bits per heavy atom. The van der Waals surface area contributed by atoms with Gasteiger partial charge in [-0.3, -0.25) is 4.79 Å². The van der Waals surface area contributed by atoms with Crippen LogP contribution in [-0.2, 0) is 4.79 Å². The number of amides is 1. The van der Waals surface area contributed by atoms with Gasteiger partial charge >= 0.3 is 0 Å². The van der Waals surface area contributed by atoms with Gasteiger partial charge in [0.05, 0.1) is 0 Å². The molecule has 0 bridgehead atoms. The first-order chi connectivity index (χ1) is 12.2. The average molecular weight is 402 g/mol. The molecule has 0 radical (unpaired) electrons. The quantitative estimate of drug-likeness (QED) is 0.724. The maximum Gasteiger partial charge on any atom is 0.270 e. The molecule has 8 heteroatoms. The van der Waals surface area contributed by atoms with Crippen molar-refractivity contribution in [2.24, 2.45) is 0 Å². The van der Waals surface area contributed by atoms with Crippen LogP contribution in [0.4, 0.5) is 5.82 Å². The van der Waals surface area contributed by atoms with E-state index in [9.17, 15) is 4.79 Å². The summed E-state index contributed by atoms with van der Waals surface area (Å²) in [6, 6.07) is 14.6. The Balaban J connectivity index is 1.51. The molecule has 0 unspecified atom stereocenters. The van der Waals surface area contributed by atoms with Gasteiger partial charge in [0.1, 0.15) is 6.61 Å². The van der Waals surface area contributed by atoms with Crippen molar-refractivity contribution in [2.75, 3.05) is 11.9 Å². The van der Waals surface area contributed by atoms with Gasteiger partial charge in [0.15, 0.2) is 17.2 Å². The average Bonchev–Trinajstić information content (AvgIpc) is 3.10. The second-order valence-electron chi connectivity index (χ2n) is 5.32. The Labute approximate surface area is 151 Å². The summed E-state index contributed by atoms with van der Waals surface area (Å²) in [6.45, 7) is 0.113. The molecule has 1 aliphatic heterocycles. The summed E-state index contributed by atoms with van der Waals surface area (Å²) in [5, 5.41) is 10.3. The van der Waals surface area contributed by atoms with Crippen molar-refractivity contribution in [3.8, 4) is 22.8 Å². The molecule has 25 heavy (non-hydrogen) atoms. The fraction of sp³-hybridized carbons (Fsp3) is 0.118. The van der Waals surface area contributed by atoms with Crippen LogP contribution in [0.1, 0.15) is 0 Å². The molecule has 4 rings (SSSR count). The first-order valence-corrected chi connectivity index (χ1v) is 8.28. The molecule has 0 fully saturated rings. The van der Waals surface area contributed by atoms with E-state index in [4.69, 9.17) is 14.1 Å². The number of para-hydroxylation sites is 2. The lowest BCUT2D eigenvalue weighted by molar-refractivity contribution is -0.125. The largest absolute Gasteiger partial charge is 0.485 e. The topological polar surface area (TPSA) is 86.5 Å². The number of carbonyl (C=O) groups excluding carboxylic acids is 1. The van der Waals surface area contributed by atoms with Crippen molar-refractivity contribution in [3.05, 3.63) is 53.0 Å². The van der Waals surface area contributed by atoms with Crippen molar-refractivity contribution in [1.29, 1.82) is 0 Å². The molecule has 0 saturated carbocycles. The van der Waals surface area contributed by atoms with Crippen LogP contribution < -0.4 is 14.8 Å². The third kappa shape index (κ3) is 3.20. The summed E-state index contributed by atoms with van der Waals surface area (Å²) in [4.78, 5) is 12.5. The number of aromatic nitrogens is 2. The number of nitrogens with one attached hydrogen (secondary N) is 1. The summed E-state index contributed by atoms with van der Waals surface area (Å²) in [5.41, 5.74) is 1.21. The van der Waals surface area contributed by atoms with E-state index in [-0.39, 0.29) is 18.3 Å². The Morgan fingerprint density at radius 1 is 1.08 bits per heavy atom. The highest BCUT2D eigenvalue weighted by Crippen LogP contribution is 2.31. The van der Waals surface area contributed by atoms with Crippen LogP contribution in [0.25, 0.3) is 11.3 Å². The summed E-state index contributed by atoms with van der Waals surface area (Å²) >= 11 is 3.37. The number of rotatable bonds is 3. The minimum absolute atomic E-state index is 0.113. The number of hydrogen-bond donors (Lipinski definition) is 1. The molecule has 1 N–H and O–H groups in total. The molecule has 1 aliphatic rings. The van der Waals surface area contributed by atoms with E-state index in [1.165, 1.54) is 0 Å².